The van der Waals surface area contributed by atoms with Gasteiger partial charge in [-0.25, -0.2) is 0 Å². The second-order valence-electron chi connectivity index (χ2n) is 3.66. The summed E-state index contributed by atoms with van der Waals surface area (Å²) in [5.74, 6) is 0.126. The van der Waals surface area contributed by atoms with Gasteiger partial charge >= 0.3 is 0 Å². The number of benzene rings is 1. The standard InChI is InChI=1S/C14H12ClNO2S/c1-19-14(9-12(17)13-7-4-8-18-13)16-11-6-3-2-5-10(11)15/h2-9,16H,1H3/b14-9+. The van der Waals surface area contributed by atoms with Gasteiger partial charge in [-0.1, -0.05) is 23.7 Å². The van der Waals surface area contributed by atoms with Crippen LogP contribution in [0, 0.1) is 0 Å². The first kappa shape index (κ1) is 13.8. The number of carbonyl (C=O) groups is 1. The number of thioether (sulfide) groups is 1. The quantitative estimate of drug-likeness (QED) is 0.654. The molecule has 98 valence electrons. The molecular formula is C14H12ClNO2S. The SMILES string of the molecule is CS/C(=C/C(=O)c1ccco1)Nc1ccccc1Cl. The Bertz CT molecular complexity index is 593. The van der Waals surface area contributed by atoms with Crippen molar-refractivity contribution in [3.63, 3.8) is 0 Å². The fourth-order valence-corrected chi connectivity index (χ4v) is 2.07. The summed E-state index contributed by atoms with van der Waals surface area (Å²) in [5.41, 5.74) is 0.761. The maximum atomic E-state index is 11.9. The van der Waals surface area contributed by atoms with Crippen molar-refractivity contribution in [1.82, 2.24) is 0 Å². The minimum absolute atomic E-state index is 0.186. The minimum atomic E-state index is -0.186. The van der Waals surface area contributed by atoms with E-state index in [0.29, 0.717) is 15.8 Å². The molecule has 0 amide bonds. The number of furan rings is 1. The van der Waals surface area contributed by atoms with Crippen LogP contribution in [0.1, 0.15) is 10.6 Å². The number of halogens is 1. The number of hydrogen-bond acceptors (Lipinski definition) is 4. The maximum Gasteiger partial charge on any atom is 0.223 e. The molecular weight excluding hydrogens is 282 g/mol. The van der Waals surface area contributed by atoms with Crippen LogP contribution in [0.15, 0.2) is 58.2 Å². The molecule has 19 heavy (non-hydrogen) atoms. The van der Waals surface area contributed by atoms with E-state index in [1.54, 1.807) is 18.2 Å². The van der Waals surface area contributed by atoms with Crippen molar-refractivity contribution in [2.75, 3.05) is 11.6 Å². The van der Waals surface area contributed by atoms with Crippen LogP contribution in [0.5, 0.6) is 0 Å². The van der Waals surface area contributed by atoms with E-state index in [4.69, 9.17) is 16.0 Å². The zero-order chi connectivity index (χ0) is 13.7. The zero-order valence-corrected chi connectivity index (χ0v) is 11.8. The summed E-state index contributed by atoms with van der Waals surface area (Å²) in [5, 5.41) is 4.43. The molecule has 0 aliphatic rings. The molecule has 0 aliphatic heterocycles. The number of para-hydroxylation sites is 1. The van der Waals surface area contributed by atoms with Crippen LogP contribution < -0.4 is 5.32 Å². The normalized spacial score (nSPS) is 11.4. The van der Waals surface area contributed by atoms with Crippen LogP contribution in [-0.2, 0) is 0 Å². The van der Waals surface area contributed by atoms with E-state index in [0.717, 1.165) is 5.69 Å². The van der Waals surface area contributed by atoms with Crippen molar-refractivity contribution in [3.05, 3.63) is 64.5 Å². The van der Waals surface area contributed by atoms with E-state index in [-0.39, 0.29) is 5.78 Å². The Morgan fingerprint density at radius 2 is 2.11 bits per heavy atom. The van der Waals surface area contributed by atoms with Gasteiger partial charge in [-0.2, -0.15) is 0 Å². The molecule has 1 aromatic heterocycles. The molecule has 0 bridgehead atoms. The predicted octanol–water partition coefficient (Wildman–Crippen LogP) is 4.43. The first-order valence-corrected chi connectivity index (χ1v) is 7.16. The lowest BCUT2D eigenvalue weighted by atomic mass is 10.3. The number of carbonyl (C=O) groups excluding carboxylic acids is 1. The van der Waals surface area contributed by atoms with Gasteiger partial charge in [0.05, 0.1) is 22.0 Å². The Morgan fingerprint density at radius 3 is 2.74 bits per heavy atom. The summed E-state index contributed by atoms with van der Waals surface area (Å²) in [6.45, 7) is 0. The molecule has 3 nitrogen and oxygen atoms in total. The van der Waals surface area contributed by atoms with Crippen LogP contribution in [0.2, 0.25) is 5.02 Å². The first-order valence-electron chi connectivity index (χ1n) is 5.56. The number of anilines is 1. The molecule has 2 rings (SSSR count). The summed E-state index contributed by atoms with van der Waals surface area (Å²) >= 11 is 7.49. The van der Waals surface area contributed by atoms with E-state index in [1.807, 2.05) is 24.5 Å². The van der Waals surface area contributed by atoms with Crippen LogP contribution in [-0.4, -0.2) is 12.0 Å². The Morgan fingerprint density at radius 1 is 1.32 bits per heavy atom. The number of ketones is 1. The van der Waals surface area contributed by atoms with Gasteiger partial charge in [-0.15, -0.1) is 11.8 Å². The highest BCUT2D eigenvalue weighted by Crippen LogP contribution is 2.25. The average Bonchev–Trinajstić information content (AvgIpc) is 2.94. The van der Waals surface area contributed by atoms with Crippen LogP contribution in [0.25, 0.3) is 0 Å². The molecule has 1 N–H and O–H groups in total. The summed E-state index contributed by atoms with van der Waals surface area (Å²) in [4.78, 5) is 11.9. The van der Waals surface area contributed by atoms with Crippen molar-refractivity contribution < 1.29 is 9.21 Å². The Labute approximate surface area is 120 Å². The van der Waals surface area contributed by atoms with E-state index in [9.17, 15) is 4.79 Å². The molecule has 0 saturated heterocycles. The van der Waals surface area contributed by atoms with Crippen LogP contribution >= 0.6 is 23.4 Å². The number of rotatable bonds is 5. The van der Waals surface area contributed by atoms with Gasteiger partial charge < -0.3 is 9.73 Å². The smallest absolute Gasteiger partial charge is 0.223 e. The predicted molar refractivity (Wildman–Crippen MR) is 79.7 cm³/mol. The lowest BCUT2D eigenvalue weighted by Crippen LogP contribution is -2.01. The molecule has 2 aromatic rings. The van der Waals surface area contributed by atoms with Crippen molar-refractivity contribution in [3.8, 4) is 0 Å². The molecule has 5 heteroatoms. The van der Waals surface area contributed by atoms with E-state index >= 15 is 0 Å². The third-order valence-electron chi connectivity index (χ3n) is 2.38. The molecule has 1 aromatic carbocycles. The summed E-state index contributed by atoms with van der Waals surface area (Å²) < 4.78 is 5.06. The summed E-state index contributed by atoms with van der Waals surface area (Å²) in [6, 6.07) is 10.7. The van der Waals surface area contributed by atoms with Crippen molar-refractivity contribution in [1.29, 1.82) is 0 Å². The largest absolute Gasteiger partial charge is 0.461 e. The summed E-state index contributed by atoms with van der Waals surface area (Å²) in [7, 11) is 0. The zero-order valence-electron chi connectivity index (χ0n) is 10.2. The fraction of sp³-hybridized carbons (Fsp3) is 0.0714. The monoisotopic (exact) mass is 293 g/mol. The van der Waals surface area contributed by atoms with Gasteiger partial charge in [0.15, 0.2) is 5.76 Å². The van der Waals surface area contributed by atoms with Crippen molar-refractivity contribution >= 4 is 34.8 Å². The number of nitrogens with one attached hydrogen (secondary N) is 1. The Hall–Kier alpha value is -1.65. The van der Waals surface area contributed by atoms with Gasteiger partial charge in [0, 0.05) is 6.08 Å². The third kappa shape index (κ3) is 3.66. The molecule has 1 heterocycles. The molecule has 0 saturated carbocycles. The number of allylic oxidation sites excluding steroid dienone is 1. The van der Waals surface area contributed by atoms with Gasteiger partial charge in [-0.3, -0.25) is 4.79 Å². The van der Waals surface area contributed by atoms with Crippen LogP contribution in [0.3, 0.4) is 0 Å². The lowest BCUT2D eigenvalue weighted by Gasteiger charge is -2.09. The van der Waals surface area contributed by atoms with Gasteiger partial charge in [0.2, 0.25) is 5.78 Å². The van der Waals surface area contributed by atoms with Crippen molar-refractivity contribution in [2.45, 2.75) is 0 Å². The van der Waals surface area contributed by atoms with Gasteiger partial charge in [0.1, 0.15) is 0 Å². The Kier molecular flexibility index (Phi) is 4.71. The van der Waals surface area contributed by atoms with E-state index in [2.05, 4.69) is 5.32 Å². The molecule has 0 radical (unpaired) electrons. The topological polar surface area (TPSA) is 42.2 Å². The minimum Gasteiger partial charge on any atom is -0.461 e. The number of hydrogen-bond donors (Lipinski definition) is 1. The third-order valence-corrected chi connectivity index (χ3v) is 3.37. The molecule has 0 atom stereocenters. The highest BCUT2D eigenvalue weighted by atomic mass is 35.5. The second kappa shape index (κ2) is 6.50. The second-order valence-corrected chi connectivity index (χ2v) is 4.91. The highest BCUT2D eigenvalue weighted by Gasteiger charge is 2.08. The first-order chi connectivity index (χ1) is 9.20. The lowest BCUT2D eigenvalue weighted by molar-refractivity contribution is 0.102. The molecule has 0 aliphatic carbocycles. The summed E-state index contributed by atoms with van der Waals surface area (Å²) in [6.07, 6.45) is 4.85. The van der Waals surface area contributed by atoms with Crippen molar-refractivity contribution in [2.24, 2.45) is 0 Å². The Balaban J connectivity index is 2.17. The average molecular weight is 294 g/mol. The maximum absolute atomic E-state index is 11.9. The van der Waals surface area contributed by atoms with Crippen LogP contribution in [0.4, 0.5) is 5.69 Å². The molecule has 0 spiro atoms. The highest BCUT2D eigenvalue weighted by molar-refractivity contribution is 8.02. The molecule has 0 fully saturated rings. The van der Waals surface area contributed by atoms with Gasteiger partial charge in [-0.05, 0) is 30.5 Å². The van der Waals surface area contributed by atoms with E-state index in [1.165, 1.54) is 24.1 Å². The fourth-order valence-electron chi connectivity index (χ4n) is 1.45. The van der Waals surface area contributed by atoms with Gasteiger partial charge in [0.25, 0.3) is 0 Å². The van der Waals surface area contributed by atoms with E-state index < -0.39 is 0 Å². The molecule has 0 unspecified atom stereocenters.